The molecule has 0 unspecified atom stereocenters. The average molecular weight is 363 g/mol. The number of nitrogens with one attached hydrogen (secondary N) is 2. The maximum absolute atomic E-state index is 13.0. The van der Waals surface area contributed by atoms with Crippen molar-refractivity contribution >= 4 is 20.9 Å². The van der Waals surface area contributed by atoms with Gasteiger partial charge in [-0.15, -0.1) is 0 Å². The molecule has 0 aliphatic carbocycles. The minimum absolute atomic E-state index is 0.168. The predicted octanol–water partition coefficient (Wildman–Crippen LogP) is 1.84. The third-order valence-electron chi connectivity index (χ3n) is 4.95. The summed E-state index contributed by atoms with van der Waals surface area (Å²) in [6.45, 7) is 4.47. The van der Waals surface area contributed by atoms with Crippen LogP contribution in [0.25, 0.3) is 10.9 Å². The van der Waals surface area contributed by atoms with E-state index in [1.165, 1.54) is 0 Å². The first kappa shape index (κ1) is 18.3. The molecule has 3 rings (SSSR count). The van der Waals surface area contributed by atoms with E-state index in [4.69, 9.17) is 4.74 Å². The fourth-order valence-corrected chi connectivity index (χ4v) is 5.07. The second-order valence-corrected chi connectivity index (χ2v) is 8.50. The van der Waals surface area contributed by atoms with Crippen LogP contribution in [0, 0.1) is 12.3 Å². The molecule has 2 N–H and O–H groups in total. The van der Waals surface area contributed by atoms with Gasteiger partial charge in [-0.2, -0.15) is 0 Å². The van der Waals surface area contributed by atoms with Gasteiger partial charge in [0, 0.05) is 30.7 Å². The van der Waals surface area contributed by atoms with Crippen molar-refractivity contribution in [2.75, 3.05) is 33.4 Å². The first-order chi connectivity index (χ1) is 12.0. The molecule has 0 amide bonds. The van der Waals surface area contributed by atoms with Crippen LogP contribution in [0.3, 0.4) is 0 Å². The number of pyridine rings is 1. The van der Waals surface area contributed by atoms with Crippen molar-refractivity contribution in [3.8, 4) is 0 Å². The summed E-state index contributed by atoms with van der Waals surface area (Å²) < 4.78 is 34.3. The van der Waals surface area contributed by atoms with Gasteiger partial charge >= 0.3 is 0 Å². The van der Waals surface area contributed by atoms with Crippen LogP contribution in [0.1, 0.15) is 18.4 Å². The van der Waals surface area contributed by atoms with E-state index in [0.717, 1.165) is 31.3 Å². The Morgan fingerprint density at radius 1 is 1.28 bits per heavy atom. The zero-order valence-electron chi connectivity index (χ0n) is 14.7. The highest BCUT2D eigenvalue weighted by atomic mass is 32.2. The molecule has 1 saturated heterocycles. The number of ether oxygens (including phenoxy) is 1. The number of nitrogens with zero attached hydrogens (tertiary/aromatic N) is 1. The molecular formula is C18H25N3O3S. The summed E-state index contributed by atoms with van der Waals surface area (Å²) in [5, 5.41) is 4.14. The van der Waals surface area contributed by atoms with E-state index in [9.17, 15) is 8.42 Å². The van der Waals surface area contributed by atoms with Gasteiger partial charge in [0.05, 0.1) is 12.1 Å². The van der Waals surface area contributed by atoms with E-state index < -0.39 is 10.0 Å². The Bertz CT molecular complexity index is 840. The summed E-state index contributed by atoms with van der Waals surface area (Å²) >= 11 is 0. The Balaban J connectivity index is 1.91. The number of hydrogen-bond donors (Lipinski definition) is 2. The second kappa shape index (κ2) is 7.37. The Morgan fingerprint density at radius 2 is 2.04 bits per heavy atom. The van der Waals surface area contributed by atoms with E-state index in [1.807, 2.05) is 24.3 Å². The molecule has 7 heteroatoms. The van der Waals surface area contributed by atoms with Gasteiger partial charge in [0.15, 0.2) is 0 Å². The van der Waals surface area contributed by atoms with Crippen LogP contribution in [0.15, 0.2) is 35.4 Å². The lowest BCUT2D eigenvalue weighted by molar-refractivity contribution is 0.0577. The van der Waals surface area contributed by atoms with Gasteiger partial charge in [0.1, 0.15) is 4.90 Å². The van der Waals surface area contributed by atoms with Crippen LogP contribution in [0.4, 0.5) is 0 Å². The molecular weight excluding hydrogens is 338 g/mol. The Morgan fingerprint density at radius 3 is 2.76 bits per heavy atom. The lowest BCUT2D eigenvalue weighted by atomic mass is 9.80. The predicted molar refractivity (Wildman–Crippen MR) is 98.1 cm³/mol. The molecule has 1 aliphatic heterocycles. The minimum Gasteiger partial charge on any atom is -0.384 e. The SMILES string of the molecule is COCC1(CNS(=O)(=O)c2c(C)ccc3cccnc23)CCNCC1. The maximum Gasteiger partial charge on any atom is 0.243 e. The smallest absolute Gasteiger partial charge is 0.243 e. The number of aryl methyl sites for hydroxylation is 1. The number of aromatic nitrogens is 1. The largest absolute Gasteiger partial charge is 0.384 e. The van der Waals surface area contributed by atoms with Crippen molar-refractivity contribution in [2.24, 2.45) is 5.41 Å². The second-order valence-electron chi connectivity index (χ2n) is 6.79. The van der Waals surface area contributed by atoms with Gasteiger partial charge in [0.2, 0.25) is 10.0 Å². The molecule has 136 valence electrons. The van der Waals surface area contributed by atoms with Crippen LogP contribution >= 0.6 is 0 Å². The summed E-state index contributed by atoms with van der Waals surface area (Å²) in [5.41, 5.74) is 1.05. The summed E-state index contributed by atoms with van der Waals surface area (Å²) in [6.07, 6.45) is 3.40. The van der Waals surface area contributed by atoms with Crippen molar-refractivity contribution in [2.45, 2.75) is 24.7 Å². The Labute approximate surface area is 149 Å². The number of sulfonamides is 1. The molecule has 25 heavy (non-hydrogen) atoms. The van der Waals surface area contributed by atoms with Gasteiger partial charge in [-0.05, 0) is 44.5 Å². The van der Waals surface area contributed by atoms with Gasteiger partial charge in [0.25, 0.3) is 0 Å². The highest BCUT2D eigenvalue weighted by Gasteiger charge is 2.34. The molecule has 1 aromatic heterocycles. The van der Waals surface area contributed by atoms with E-state index in [1.54, 1.807) is 20.2 Å². The van der Waals surface area contributed by atoms with E-state index in [-0.39, 0.29) is 10.3 Å². The third-order valence-corrected chi connectivity index (χ3v) is 6.52. The molecule has 1 aromatic carbocycles. The van der Waals surface area contributed by atoms with Crippen molar-refractivity contribution in [3.63, 3.8) is 0 Å². The van der Waals surface area contributed by atoms with Crippen molar-refractivity contribution in [1.29, 1.82) is 0 Å². The summed E-state index contributed by atoms with van der Waals surface area (Å²) in [5.74, 6) is 0. The van der Waals surface area contributed by atoms with Crippen molar-refractivity contribution < 1.29 is 13.2 Å². The highest BCUT2D eigenvalue weighted by Crippen LogP contribution is 2.30. The summed E-state index contributed by atoms with van der Waals surface area (Å²) in [4.78, 5) is 4.57. The van der Waals surface area contributed by atoms with Gasteiger partial charge in [-0.1, -0.05) is 18.2 Å². The highest BCUT2D eigenvalue weighted by molar-refractivity contribution is 7.89. The molecule has 0 radical (unpaired) electrons. The fraction of sp³-hybridized carbons (Fsp3) is 0.500. The first-order valence-electron chi connectivity index (χ1n) is 8.51. The monoisotopic (exact) mass is 363 g/mol. The molecule has 6 nitrogen and oxygen atoms in total. The van der Waals surface area contributed by atoms with Gasteiger partial charge in [-0.3, -0.25) is 4.98 Å². The lowest BCUT2D eigenvalue weighted by Gasteiger charge is -2.37. The quantitative estimate of drug-likeness (QED) is 0.819. The fourth-order valence-electron chi connectivity index (χ4n) is 3.51. The first-order valence-corrected chi connectivity index (χ1v) is 9.99. The number of rotatable bonds is 6. The maximum atomic E-state index is 13.0. The van der Waals surface area contributed by atoms with Gasteiger partial charge in [-0.25, -0.2) is 13.1 Å². The molecule has 1 fully saturated rings. The van der Waals surface area contributed by atoms with Crippen molar-refractivity contribution in [3.05, 3.63) is 36.0 Å². The Hall–Kier alpha value is -1.54. The summed E-state index contributed by atoms with van der Waals surface area (Å²) in [6, 6.07) is 7.41. The normalized spacial score (nSPS) is 17.7. The summed E-state index contributed by atoms with van der Waals surface area (Å²) in [7, 11) is -2.00. The molecule has 0 spiro atoms. The molecule has 0 bridgehead atoms. The number of fused-ring (bicyclic) bond motifs is 1. The zero-order valence-corrected chi connectivity index (χ0v) is 15.5. The molecule has 1 aliphatic rings. The molecule has 0 saturated carbocycles. The van der Waals surface area contributed by atoms with Crippen LogP contribution < -0.4 is 10.0 Å². The molecule has 2 aromatic rings. The van der Waals surface area contributed by atoms with Crippen LogP contribution in [-0.4, -0.2) is 46.8 Å². The van der Waals surface area contributed by atoms with E-state index >= 15 is 0 Å². The number of hydrogen-bond acceptors (Lipinski definition) is 5. The van der Waals surface area contributed by atoms with Crippen molar-refractivity contribution in [1.82, 2.24) is 15.0 Å². The molecule has 0 atom stereocenters. The molecule has 2 heterocycles. The third kappa shape index (κ3) is 3.84. The van der Waals surface area contributed by atoms with Crippen LogP contribution in [0.2, 0.25) is 0 Å². The van der Waals surface area contributed by atoms with Crippen LogP contribution in [-0.2, 0) is 14.8 Å². The number of piperidine rings is 1. The van der Waals surface area contributed by atoms with E-state index in [2.05, 4.69) is 15.0 Å². The number of benzene rings is 1. The van der Waals surface area contributed by atoms with E-state index in [0.29, 0.717) is 24.2 Å². The Kier molecular flexibility index (Phi) is 5.38. The standard InChI is InChI=1S/C18H25N3O3S/c1-14-5-6-15-4-3-9-20-16(15)17(14)25(22,23)21-12-18(13-24-2)7-10-19-11-8-18/h3-6,9,19,21H,7-8,10-13H2,1-2H3. The van der Waals surface area contributed by atoms with Crippen LogP contribution in [0.5, 0.6) is 0 Å². The van der Waals surface area contributed by atoms with Gasteiger partial charge < -0.3 is 10.1 Å². The average Bonchev–Trinajstić information content (AvgIpc) is 2.61. The minimum atomic E-state index is -3.66. The zero-order chi connectivity index (χ0) is 17.9. The topological polar surface area (TPSA) is 80.3 Å². The number of methoxy groups -OCH3 is 1. The lowest BCUT2D eigenvalue weighted by Crippen LogP contribution is -2.47.